The Labute approximate surface area is 529 Å². The van der Waals surface area contributed by atoms with Gasteiger partial charge in [-0.05, 0) is 56.2 Å². The molecule has 8 aromatic rings. The minimum Gasteiger partial charge on any atom is -0.386 e. The molecule has 0 radical (unpaired) electrons. The Bertz CT molecular complexity index is 3910. The van der Waals surface area contributed by atoms with Gasteiger partial charge in [-0.3, -0.25) is 33.6 Å². The van der Waals surface area contributed by atoms with Gasteiger partial charge in [-0.1, -0.05) is 44.2 Å². The topological polar surface area (TPSA) is 329 Å². The van der Waals surface area contributed by atoms with E-state index in [0.29, 0.717) is 118 Å². The van der Waals surface area contributed by atoms with Crippen LogP contribution in [-0.2, 0) is 30.5 Å². The van der Waals surface area contributed by atoms with Crippen LogP contribution in [0.5, 0.6) is 0 Å². The first-order valence-electron chi connectivity index (χ1n) is 28.4. The molecule has 0 unspecified atom stereocenters. The standard InChI is InChI=1S/C59H62N14O9S6/c1-27(2)34-17-40(74)45-28(3)87-57(71-45)36(18-43(75)61-4)64-51(79)38-24-83-53(66-38)33-15-16-35(55-69-42(26-86-55)68-50(78)30-11-13-31(14-12-30)59(81)73-20-32(60)21-73)63-46(33)37-23-84-56(65-37)39-25-85-58(67-39)48(49(77)29-9-7-6-8-10-29)70-44(76)19-62-52(80)47-41(22-82-5)88-54(34)72-47/h6-10,15-16,23-27,30-32,34,36,48-49,77H,11-14,17-22,60H2,1-5H3,(H,61,75)(H,62,80)(H,64,79)(H,68,78)(H,70,76)/t30?,31?,34-,36-,48-,49-/m0/s1. The highest BCUT2D eigenvalue weighted by Crippen LogP contribution is 2.41. The summed E-state index contributed by atoms with van der Waals surface area (Å²) in [6, 6.07) is 10.4. The highest BCUT2D eigenvalue weighted by atomic mass is 32.1. The van der Waals surface area contributed by atoms with Crippen molar-refractivity contribution in [3.8, 4) is 43.4 Å². The van der Waals surface area contributed by atoms with E-state index in [4.69, 9.17) is 45.4 Å². The van der Waals surface area contributed by atoms with Gasteiger partial charge < -0.3 is 47.1 Å². The Hall–Kier alpha value is -7.48. The summed E-state index contributed by atoms with van der Waals surface area (Å²) in [4.78, 5) is 134. The maximum Gasteiger partial charge on any atom is 0.271 e. The summed E-state index contributed by atoms with van der Waals surface area (Å²) in [5, 5.41) is 35.6. The number of aliphatic hydroxyl groups excluding tert-OH is 1. The maximum absolute atomic E-state index is 14.4. The van der Waals surface area contributed by atoms with Gasteiger partial charge in [0, 0.05) is 89.4 Å². The maximum atomic E-state index is 14.4. The molecule has 1 aromatic carbocycles. The van der Waals surface area contributed by atoms with E-state index < -0.39 is 48.4 Å². The quantitative estimate of drug-likeness (QED) is 0.0643. The van der Waals surface area contributed by atoms with E-state index in [0.717, 1.165) is 0 Å². The van der Waals surface area contributed by atoms with Crippen LogP contribution in [0.25, 0.3) is 43.4 Å². The number of ether oxygens (including phenoxy) is 1. The van der Waals surface area contributed by atoms with Crippen LogP contribution < -0.4 is 32.3 Å². The fourth-order valence-corrected chi connectivity index (χ4v) is 16.2. The number of hydrogen-bond donors (Lipinski definition) is 7. The van der Waals surface area contributed by atoms with Crippen molar-refractivity contribution in [1.82, 2.24) is 61.1 Å². The Morgan fingerprint density at radius 3 is 2.17 bits per heavy atom. The van der Waals surface area contributed by atoms with E-state index in [2.05, 4.69) is 26.6 Å². The number of thiazole rings is 6. The molecule has 1 saturated heterocycles. The van der Waals surface area contributed by atoms with Gasteiger partial charge in [-0.2, -0.15) is 0 Å². The zero-order chi connectivity index (χ0) is 61.9. The van der Waals surface area contributed by atoms with Crippen LogP contribution in [0.2, 0.25) is 0 Å². The molecule has 23 nitrogen and oxygen atoms in total. The van der Waals surface area contributed by atoms with E-state index in [1.807, 2.05) is 31.4 Å². The van der Waals surface area contributed by atoms with E-state index in [-0.39, 0.29) is 83.8 Å². The first-order chi connectivity index (χ1) is 42.4. The van der Waals surface area contributed by atoms with Crippen molar-refractivity contribution in [2.24, 2.45) is 23.5 Å². The number of pyridine rings is 1. The van der Waals surface area contributed by atoms with Gasteiger partial charge in [0.05, 0.1) is 41.2 Å². The minimum absolute atomic E-state index is 0.0232. The predicted octanol–water partition coefficient (Wildman–Crippen LogP) is 8.11. The number of likely N-dealkylation sites (tertiary alicyclic amines) is 1. The number of carbonyl (C=O) groups is 7. The summed E-state index contributed by atoms with van der Waals surface area (Å²) in [5.74, 6) is -3.24. The van der Waals surface area contributed by atoms with Crippen molar-refractivity contribution in [2.75, 3.05) is 39.1 Å². The number of carbonyl (C=O) groups excluding carboxylic acids is 7. The Morgan fingerprint density at radius 2 is 1.43 bits per heavy atom. The van der Waals surface area contributed by atoms with Crippen LogP contribution >= 0.6 is 68.0 Å². The molecule has 2 fully saturated rings. The Morgan fingerprint density at radius 1 is 0.739 bits per heavy atom. The molecule has 2 aliphatic heterocycles. The number of benzene rings is 1. The number of aliphatic hydroxyl groups is 1. The molecule has 10 bridgehead atoms. The van der Waals surface area contributed by atoms with Gasteiger partial charge in [0.25, 0.3) is 11.8 Å². The molecule has 88 heavy (non-hydrogen) atoms. The fraction of sp³-hybridized carbons (Fsp3) is 0.390. The van der Waals surface area contributed by atoms with Gasteiger partial charge in [0.2, 0.25) is 23.6 Å². The molecular weight excluding hydrogens is 1240 g/mol. The number of nitrogens with zero attached hydrogens (tertiary/aromatic N) is 8. The molecule has 4 atom stereocenters. The summed E-state index contributed by atoms with van der Waals surface area (Å²) in [6.07, 6.45) is 0.898. The summed E-state index contributed by atoms with van der Waals surface area (Å²) < 4.78 is 5.48. The third kappa shape index (κ3) is 13.7. The number of hydrogen-bond acceptors (Lipinski definition) is 23. The second kappa shape index (κ2) is 27.1. The van der Waals surface area contributed by atoms with Crippen LogP contribution in [0.3, 0.4) is 0 Å². The second-order valence-corrected chi connectivity index (χ2v) is 27.8. The average Bonchev–Trinajstić information content (AvgIpc) is 1.89. The van der Waals surface area contributed by atoms with Gasteiger partial charge in [0.1, 0.15) is 77.2 Å². The van der Waals surface area contributed by atoms with Crippen LogP contribution in [0.1, 0.15) is 138 Å². The number of aryl methyl sites for hydroxylation is 1. The third-order valence-corrected chi connectivity index (χ3v) is 21.3. The summed E-state index contributed by atoms with van der Waals surface area (Å²) in [6.45, 7) is 6.33. The second-order valence-electron chi connectivity index (χ2n) is 22.0. The lowest BCUT2D eigenvalue weighted by Gasteiger charge is -2.40. The van der Waals surface area contributed by atoms with E-state index in [9.17, 15) is 38.7 Å². The molecule has 458 valence electrons. The van der Waals surface area contributed by atoms with Crippen LogP contribution in [-0.4, -0.2) is 126 Å². The number of amides is 6. The molecule has 6 amide bonds. The van der Waals surface area contributed by atoms with E-state index >= 15 is 0 Å². The first-order valence-corrected chi connectivity index (χ1v) is 33.6. The predicted molar refractivity (Wildman–Crippen MR) is 337 cm³/mol. The average molecular weight is 1300 g/mol. The number of fused-ring (bicyclic) bond motifs is 14. The van der Waals surface area contributed by atoms with Gasteiger partial charge in [-0.15, -0.1) is 68.0 Å². The molecule has 8 N–H and O–H groups in total. The lowest BCUT2D eigenvalue weighted by molar-refractivity contribution is -0.142. The lowest BCUT2D eigenvalue weighted by atomic mass is 9.80. The molecule has 0 spiro atoms. The van der Waals surface area contributed by atoms with Gasteiger partial charge in [-0.25, -0.2) is 34.9 Å². The summed E-state index contributed by atoms with van der Waals surface area (Å²) in [7, 11) is 2.97. The van der Waals surface area contributed by atoms with Crippen LogP contribution in [0, 0.1) is 24.7 Å². The van der Waals surface area contributed by atoms with Crippen molar-refractivity contribution in [3.05, 3.63) is 111 Å². The van der Waals surface area contributed by atoms with Gasteiger partial charge >= 0.3 is 0 Å². The smallest absolute Gasteiger partial charge is 0.271 e. The zero-order valence-electron chi connectivity index (χ0n) is 48.4. The number of nitrogens with one attached hydrogen (secondary N) is 5. The normalized spacial score (nSPS) is 19.9. The lowest BCUT2D eigenvalue weighted by Crippen LogP contribution is -2.59. The number of anilines is 1. The summed E-state index contributed by atoms with van der Waals surface area (Å²) in [5.41, 5.74) is 8.92. The number of nitrogens with two attached hydrogens (primary N) is 1. The van der Waals surface area contributed by atoms with Gasteiger partial charge in [0.15, 0.2) is 5.78 Å². The van der Waals surface area contributed by atoms with E-state index in [1.54, 1.807) is 58.3 Å². The first kappa shape index (κ1) is 62.1. The van der Waals surface area contributed by atoms with Crippen molar-refractivity contribution < 1.29 is 43.4 Å². The molecule has 29 heteroatoms. The molecule has 9 heterocycles. The molecule has 3 aliphatic rings. The third-order valence-electron chi connectivity index (χ3n) is 15.5. The Balaban J connectivity index is 0.936. The van der Waals surface area contributed by atoms with Crippen molar-refractivity contribution in [2.45, 2.75) is 96.1 Å². The molecule has 1 saturated carbocycles. The van der Waals surface area contributed by atoms with Crippen molar-refractivity contribution in [3.63, 3.8) is 0 Å². The molecule has 11 rings (SSSR count). The number of Topliss-reactive ketones (excluding diaryl/α,β-unsaturated/α-hetero) is 1. The van der Waals surface area contributed by atoms with Crippen LogP contribution in [0.15, 0.2) is 64.0 Å². The minimum atomic E-state index is -1.27. The zero-order valence-corrected chi connectivity index (χ0v) is 53.3. The molecule has 7 aromatic heterocycles. The summed E-state index contributed by atoms with van der Waals surface area (Å²) >= 11 is 7.39. The van der Waals surface area contributed by atoms with Crippen molar-refractivity contribution >= 4 is 115 Å². The number of methoxy groups -OCH3 is 1. The number of aromatic nitrogens is 7. The molecular formula is C59H62N14O9S6. The monoisotopic (exact) mass is 1300 g/mol. The van der Waals surface area contributed by atoms with E-state index in [1.165, 1.54) is 82.2 Å². The van der Waals surface area contributed by atoms with Crippen LogP contribution in [0.4, 0.5) is 5.82 Å². The largest absolute Gasteiger partial charge is 0.386 e. The number of rotatable bonds is 11. The SMILES string of the molecule is CNC(=O)C[C@@H]1NC(=O)c2csc(n2)-c2ccc(-c3nc(NC(=O)C4CCC(C(=O)N5CC(N)C5)CC4)cs3)nc2-c2csc(n2)-c2csc(n2)[C@H]([C@@H](O)c2ccccc2)NC(=O)CNC(=O)c2nc(sc2COC)[C@H](C(C)C)CC(=O)c2nc1sc2C. The highest BCUT2D eigenvalue weighted by Gasteiger charge is 2.37. The Kier molecular flexibility index (Phi) is 19.1. The molecule has 1 aliphatic carbocycles. The van der Waals surface area contributed by atoms with Crippen molar-refractivity contribution in [1.29, 1.82) is 0 Å². The number of ketones is 1. The highest BCUT2D eigenvalue weighted by molar-refractivity contribution is 7.15. The fourth-order valence-electron chi connectivity index (χ4n) is 10.7.